The number of pyridine rings is 1. The van der Waals surface area contributed by atoms with E-state index in [1.165, 1.54) is 0 Å². The van der Waals surface area contributed by atoms with Crippen LogP contribution in [0.2, 0.25) is 0 Å². The number of fused-ring (bicyclic) bond motifs is 1. The molecule has 2 aromatic heterocycles. The minimum Gasteiger partial charge on any atom is -0.335 e. The smallest absolute Gasteiger partial charge is 0.212 e. The molecule has 1 aromatic carbocycles. The topological polar surface area (TPSA) is 73.8 Å². The van der Waals surface area contributed by atoms with Crippen LogP contribution in [-0.2, 0) is 6.54 Å². The van der Waals surface area contributed by atoms with Gasteiger partial charge in [-0.05, 0) is 24.3 Å². The molecule has 0 aliphatic heterocycles. The molecule has 0 spiro atoms. The number of rotatable bonds is 4. The summed E-state index contributed by atoms with van der Waals surface area (Å²) in [5.41, 5.74) is 7.40. The summed E-state index contributed by atoms with van der Waals surface area (Å²) in [6, 6.07) is 9.25. The number of benzene rings is 1. The molecule has 2 heterocycles. The number of nitrogens with zero attached hydrogens (tertiary/aromatic N) is 3. The van der Waals surface area contributed by atoms with Crippen molar-refractivity contribution in [3.63, 3.8) is 0 Å². The molecule has 0 unspecified atom stereocenters. The number of carbonyl (C=O) groups excluding carboxylic acids is 1. The zero-order valence-electron chi connectivity index (χ0n) is 10.9. The molecule has 0 bridgehead atoms. The average Bonchev–Trinajstić information content (AvgIpc) is 2.95. The number of hydrogen-bond acceptors (Lipinski definition) is 4. The zero-order valence-corrected chi connectivity index (χ0v) is 10.9. The van der Waals surface area contributed by atoms with Crippen molar-refractivity contribution in [3.8, 4) is 0 Å². The SMILES string of the molecule is NCCn1cnc(C(=O)c2ccc3ncccc3c2)c1. The molecule has 0 aliphatic rings. The Morgan fingerprint density at radius 1 is 1.25 bits per heavy atom. The maximum atomic E-state index is 12.4. The first-order valence-electron chi connectivity index (χ1n) is 6.39. The van der Waals surface area contributed by atoms with E-state index in [0.29, 0.717) is 24.3 Å². The van der Waals surface area contributed by atoms with Crippen LogP contribution in [0.15, 0.2) is 49.1 Å². The summed E-state index contributed by atoms with van der Waals surface area (Å²) >= 11 is 0. The molecule has 0 fully saturated rings. The quantitative estimate of drug-likeness (QED) is 0.728. The molecule has 0 saturated carbocycles. The van der Waals surface area contributed by atoms with Crippen LogP contribution in [0.5, 0.6) is 0 Å². The van der Waals surface area contributed by atoms with Gasteiger partial charge in [-0.2, -0.15) is 0 Å². The van der Waals surface area contributed by atoms with Gasteiger partial charge in [-0.3, -0.25) is 9.78 Å². The maximum Gasteiger partial charge on any atom is 0.212 e. The van der Waals surface area contributed by atoms with Crippen LogP contribution in [0.1, 0.15) is 16.1 Å². The van der Waals surface area contributed by atoms with Gasteiger partial charge in [0.2, 0.25) is 5.78 Å². The Balaban J connectivity index is 1.94. The fourth-order valence-electron chi connectivity index (χ4n) is 2.11. The van der Waals surface area contributed by atoms with E-state index < -0.39 is 0 Å². The molecule has 5 heteroatoms. The van der Waals surface area contributed by atoms with Crippen molar-refractivity contribution in [2.45, 2.75) is 6.54 Å². The van der Waals surface area contributed by atoms with Crippen molar-refractivity contribution in [1.82, 2.24) is 14.5 Å². The normalized spacial score (nSPS) is 10.8. The molecular formula is C15H14N4O. The van der Waals surface area contributed by atoms with E-state index in [9.17, 15) is 4.79 Å². The van der Waals surface area contributed by atoms with Gasteiger partial charge in [-0.15, -0.1) is 0 Å². The lowest BCUT2D eigenvalue weighted by molar-refractivity contribution is 0.103. The zero-order chi connectivity index (χ0) is 13.9. The lowest BCUT2D eigenvalue weighted by atomic mass is 10.1. The van der Waals surface area contributed by atoms with E-state index in [-0.39, 0.29) is 5.78 Å². The summed E-state index contributed by atoms with van der Waals surface area (Å²) in [6.45, 7) is 1.17. The predicted octanol–water partition coefficient (Wildman–Crippen LogP) is 1.62. The second-order valence-corrected chi connectivity index (χ2v) is 4.53. The number of carbonyl (C=O) groups is 1. The molecule has 2 N–H and O–H groups in total. The van der Waals surface area contributed by atoms with Gasteiger partial charge in [-0.1, -0.05) is 6.07 Å². The van der Waals surface area contributed by atoms with Gasteiger partial charge in [0.05, 0.1) is 11.8 Å². The molecule has 100 valence electrons. The van der Waals surface area contributed by atoms with Gasteiger partial charge in [0.1, 0.15) is 5.69 Å². The molecule has 3 aromatic rings. The Hall–Kier alpha value is -2.53. The Morgan fingerprint density at radius 3 is 3.00 bits per heavy atom. The minimum absolute atomic E-state index is 0.0912. The number of nitrogens with two attached hydrogens (primary N) is 1. The monoisotopic (exact) mass is 266 g/mol. The summed E-state index contributed by atoms with van der Waals surface area (Å²) in [6.07, 6.45) is 5.09. The summed E-state index contributed by atoms with van der Waals surface area (Å²) in [7, 11) is 0. The molecule has 0 amide bonds. The lowest BCUT2D eigenvalue weighted by Crippen LogP contribution is -2.08. The van der Waals surface area contributed by atoms with Gasteiger partial charge in [-0.25, -0.2) is 4.98 Å². The number of ketones is 1. The third-order valence-electron chi connectivity index (χ3n) is 3.12. The van der Waals surface area contributed by atoms with E-state index >= 15 is 0 Å². The number of aromatic nitrogens is 3. The third kappa shape index (κ3) is 2.31. The second kappa shape index (κ2) is 5.22. The summed E-state index contributed by atoms with van der Waals surface area (Å²) in [4.78, 5) is 20.8. The highest BCUT2D eigenvalue weighted by Crippen LogP contribution is 2.15. The van der Waals surface area contributed by atoms with Crippen molar-refractivity contribution in [3.05, 3.63) is 60.3 Å². The van der Waals surface area contributed by atoms with E-state index in [1.807, 2.05) is 28.8 Å². The third-order valence-corrected chi connectivity index (χ3v) is 3.12. The van der Waals surface area contributed by atoms with E-state index in [1.54, 1.807) is 24.8 Å². The molecular weight excluding hydrogens is 252 g/mol. The molecule has 3 rings (SSSR count). The van der Waals surface area contributed by atoms with Crippen molar-refractivity contribution >= 4 is 16.7 Å². The average molecular weight is 266 g/mol. The first kappa shape index (κ1) is 12.5. The first-order chi connectivity index (χ1) is 9.78. The van der Waals surface area contributed by atoms with Gasteiger partial charge in [0, 0.05) is 36.4 Å². The number of hydrogen-bond donors (Lipinski definition) is 1. The van der Waals surface area contributed by atoms with Crippen molar-refractivity contribution in [2.75, 3.05) is 6.54 Å². The van der Waals surface area contributed by atoms with Gasteiger partial charge >= 0.3 is 0 Å². The molecule has 0 radical (unpaired) electrons. The predicted molar refractivity (Wildman–Crippen MR) is 76.5 cm³/mol. The van der Waals surface area contributed by atoms with Crippen molar-refractivity contribution in [1.29, 1.82) is 0 Å². The van der Waals surface area contributed by atoms with Crippen LogP contribution in [0.25, 0.3) is 10.9 Å². The van der Waals surface area contributed by atoms with E-state index in [2.05, 4.69) is 9.97 Å². The lowest BCUT2D eigenvalue weighted by Gasteiger charge is -2.01. The largest absolute Gasteiger partial charge is 0.335 e. The highest BCUT2D eigenvalue weighted by molar-refractivity contribution is 6.09. The van der Waals surface area contributed by atoms with Crippen LogP contribution >= 0.6 is 0 Å². The van der Waals surface area contributed by atoms with Gasteiger partial charge < -0.3 is 10.3 Å². The Morgan fingerprint density at radius 2 is 2.15 bits per heavy atom. The van der Waals surface area contributed by atoms with E-state index in [4.69, 9.17) is 5.73 Å². The highest BCUT2D eigenvalue weighted by Gasteiger charge is 2.12. The molecule has 0 aliphatic carbocycles. The first-order valence-corrected chi connectivity index (χ1v) is 6.39. The summed E-state index contributed by atoms with van der Waals surface area (Å²) in [5, 5.41) is 0.944. The fourth-order valence-corrected chi connectivity index (χ4v) is 2.11. The van der Waals surface area contributed by atoms with Crippen LogP contribution in [-0.4, -0.2) is 26.9 Å². The molecule has 5 nitrogen and oxygen atoms in total. The van der Waals surface area contributed by atoms with Crippen molar-refractivity contribution < 1.29 is 4.79 Å². The van der Waals surface area contributed by atoms with Crippen LogP contribution in [0, 0.1) is 0 Å². The Bertz CT molecular complexity index is 763. The van der Waals surface area contributed by atoms with Gasteiger partial charge in [0.15, 0.2) is 0 Å². The number of imidazole rings is 1. The molecule has 20 heavy (non-hydrogen) atoms. The van der Waals surface area contributed by atoms with Crippen LogP contribution < -0.4 is 5.73 Å². The van der Waals surface area contributed by atoms with Crippen molar-refractivity contribution in [2.24, 2.45) is 5.73 Å². The molecule has 0 atom stereocenters. The van der Waals surface area contributed by atoms with Crippen LogP contribution in [0.3, 0.4) is 0 Å². The van der Waals surface area contributed by atoms with Gasteiger partial charge in [0.25, 0.3) is 0 Å². The maximum absolute atomic E-state index is 12.4. The summed E-state index contributed by atoms with van der Waals surface area (Å²) < 4.78 is 1.82. The highest BCUT2D eigenvalue weighted by atomic mass is 16.1. The fraction of sp³-hybridized carbons (Fsp3) is 0.133. The van der Waals surface area contributed by atoms with Crippen LogP contribution in [0.4, 0.5) is 0 Å². The van der Waals surface area contributed by atoms with E-state index in [0.717, 1.165) is 10.9 Å². The minimum atomic E-state index is -0.0912. The molecule has 0 saturated heterocycles. The second-order valence-electron chi connectivity index (χ2n) is 4.53. The Labute approximate surface area is 116 Å². The summed E-state index contributed by atoms with van der Waals surface area (Å²) in [5.74, 6) is -0.0912. The standard InChI is InChI=1S/C15H14N4O/c16-5-7-19-9-14(18-10-19)15(20)12-3-4-13-11(8-12)2-1-6-17-13/h1-4,6,8-10H,5,7,16H2. The Kier molecular flexibility index (Phi) is 3.26.